The Morgan fingerprint density at radius 3 is 2.44 bits per heavy atom. The number of aromatic nitrogens is 1. The standard InChI is InChI=1S/C12H11N3S/c1-15(2)10-5-3-9(4-6-10)12-14-8-11(7-13)16-12/h3-6,8H,1-2H3. The van der Waals surface area contributed by atoms with Crippen LogP contribution in [-0.4, -0.2) is 19.1 Å². The van der Waals surface area contributed by atoms with Crippen LogP contribution in [0, 0.1) is 11.3 Å². The fraction of sp³-hybridized carbons (Fsp3) is 0.167. The van der Waals surface area contributed by atoms with Crippen molar-refractivity contribution in [3.05, 3.63) is 35.3 Å². The second-order valence-electron chi connectivity index (χ2n) is 3.58. The van der Waals surface area contributed by atoms with Gasteiger partial charge in [-0.15, -0.1) is 11.3 Å². The number of hydrogen-bond donors (Lipinski definition) is 0. The van der Waals surface area contributed by atoms with E-state index < -0.39 is 0 Å². The molecular formula is C12H11N3S. The van der Waals surface area contributed by atoms with Gasteiger partial charge >= 0.3 is 0 Å². The summed E-state index contributed by atoms with van der Waals surface area (Å²) in [4.78, 5) is 6.91. The quantitative estimate of drug-likeness (QED) is 0.795. The minimum atomic E-state index is 0.645. The van der Waals surface area contributed by atoms with Crippen LogP contribution in [-0.2, 0) is 0 Å². The summed E-state index contributed by atoms with van der Waals surface area (Å²) < 4.78 is 0. The highest BCUT2D eigenvalue weighted by atomic mass is 32.1. The number of nitriles is 1. The van der Waals surface area contributed by atoms with Crippen LogP contribution in [0.4, 0.5) is 5.69 Å². The summed E-state index contributed by atoms with van der Waals surface area (Å²) in [7, 11) is 4.01. The molecule has 0 N–H and O–H groups in total. The highest BCUT2D eigenvalue weighted by Crippen LogP contribution is 2.26. The Hall–Kier alpha value is -1.86. The van der Waals surface area contributed by atoms with Crippen LogP contribution in [0.2, 0.25) is 0 Å². The lowest BCUT2D eigenvalue weighted by Crippen LogP contribution is -2.07. The van der Waals surface area contributed by atoms with Gasteiger partial charge in [0.25, 0.3) is 0 Å². The van der Waals surface area contributed by atoms with Gasteiger partial charge in [0.1, 0.15) is 16.0 Å². The van der Waals surface area contributed by atoms with Gasteiger partial charge in [0.15, 0.2) is 0 Å². The van der Waals surface area contributed by atoms with Crippen molar-refractivity contribution < 1.29 is 0 Å². The predicted molar refractivity (Wildman–Crippen MR) is 66.6 cm³/mol. The molecule has 0 bridgehead atoms. The maximum Gasteiger partial charge on any atom is 0.125 e. The third-order valence-corrected chi connectivity index (χ3v) is 3.20. The first-order valence-corrected chi connectivity index (χ1v) is 5.66. The molecule has 0 amide bonds. The van der Waals surface area contributed by atoms with Crippen molar-refractivity contribution in [1.82, 2.24) is 4.98 Å². The Balaban J connectivity index is 2.31. The molecule has 0 radical (unpaired) electrons. The summed E-state index contributed by atoms with van der Waals surface area (Å²) in [6, 6.07) is 10.2. The van der Waals surface area contributed by atoms with Crippen LogP contribution in [0.25, 0.3) is 10.6 Å². The second kappa shape index (κ2) is 4.33. The van der Waals surface area contributed by atoms with Gasteiger partial charge in [-0.05, 0) is 24.3 Å². The van der Waals surface area contributed by atoms with E-state index >= 15 is 0 Å². The zero-order valence-electron chi connectivity index (χ0n) is 9.14. The van der Waals surface area contributed by atoms with Crippen LogP contribution in [0.1, 0.15) is 4.88 Å². The van der Waals surface area contributed by atoms with Crippen molar-refractivity contribution in [2.75, 3.05) is 19.0 Å². The number of nitrogens with zero attached hydrogens (tertiary/aromatic N) is 3. The van der Waals surface area contributed by atoms with E-state index in [1.807, 2.05) is 43.3 Å². The Morgan fingerprint density at radius 1 is 1.25 bits per heavy atom. The Morgan fingerprint density at radius 2 is 1.94 bits per heavy atom. The van der Waals surface area contributed by atoms with E-state index in [1.54, 1.807) is 6.20 Å². The first-order valence-electron chi connectivity index (χ1n) is 4.84. The fourth-order valence-electron chi connectivity index (χ4n) is 1.36. The van der Waals surface area contributed by atoms with Gasteiger partial charge in [-0.25, -0.2) is 4.98 Å². The minimum Gasteiger partial charge on any atom is -0.378 e. The van der Waals surface area contributed by atoms with E-state index in [9.17, 15) is 0 Å². The van der Waals surface area contributed by atoms with Gasteiger partial charge < -0.3 is 4.90 Å². The summed E-state index contributed by atoms with van der Waals surface area (Å²) in [5.41, 5.74) is 2.21. The Kier molecular flexibility index (Phi) is 2.88. The van der Waals surface area contributed by atoms with E-state index in [4.69, 9.17) is 5.26 Å². The molecule has 0 fully saturated rings. The molecule has 16 heavy (non-hydrogen) atoms. The van der Waals surface area contributed by atoms with Gasteiger partial charge in [0.2, 0.25) is 0 Å². The summed E-state index contributed by atoms with van der Waals surface area (Å²) in [6.07, 6.45) is 1.61. The molecule has 0 spiro atoms. The molecule has 3 nitrogen and oxygen atoms in total. The largest absolute Gasteiger partial charge is 0.378 e. The van der Waals surface area contributed by atoms with Crippen molar-refractivity contribution >= 4 is 17.0 Å². The third kappa shape index (κ3) is 2.05. The molecule has 0 aliphatic carbocycles. The van der Waals surface area contributed by atoms with Crippen molar-refractivity contribution in [2.45, 2.75) is 0 Å². The van der Waals surface area contributed by atoms with E-state index in [1.165, 1.54) is 11.3 Å². The molecule has 2 rings (SSSR count). The normalized spacial score (nSPS) is 9.81. The van der Waals surface area contributed by atoms with Gasteiger partial charge in [0, 0.05) is 25.3 Å². The molecule has 0 aliphatic heterocycles. The smallest absolute Gasteiger partial charge is 0.125 e. The molecule has 1 aromatic carbocycles. The molecule has 4 heteroatoms. The zero-order valence-corrected chi connectivity index (χ0v) is 9.95. The first-order chi connectivity index (χ1) is 7.70. The summed E-state index contributed by atoms with van der Waals surface area (Å²) >= 11 is 1.41. The summed E-state index contributed by atoms with van der Waals surface area (Å²) in [5, 5.41) is 9.62. The van der Waals surface area contributed by atoms with Crippen LogP contribution < -0.4 is 4.90 Å². The summed E-state index contributed by atoms with van der Waals surface area (Å²) in [5.74, 6) is 0. The van der Waals surface area contributed by atoms with Gasteiger partial charge in [-0.1, -0.05) is 0 Å². The lowest BCUT2D eigenvalue weighted by molar-refractivity contribution is 1.13. The fourth-order valence-corrected chi connectivity index (χ4v) is 2.08. The number of rotatable bonds is 2. The van der Waals surface area contributed by atoms with Crippen LogP contribution >= 0.6 is 11.3 Å². The molecule has 0 atom stereocenters. The minimum absolute atomic E-state index is 0.645. The molecule has 2 aromatic rings. The molecule has 0 aliphatic rings. The van der Waals surface area contributed by atoms with Gasteiger partial charge in [-0.3, -0.25) is 0 Å². The third-order valence-electron chi connectivity index (χ3n) is 2.25. The predicted octanol–water partition coefficient (Wildman–Crippen LogP) is 2.75. The zero-order chi connectivity index (χ0) is 11.5. The Bertz CT molecular complexity index is 520. The SMILES string of the molecule is CN(C)c1ccc(-c2ncc(C#N)s2)cc1. The number of anilines is 1. The number of benzene rings is 1. The van der Waals surface area contributed by atoms with Gasteiger partial charge in [-0.2, -0.15) is 5.26 Å². The van der Waals surface area contributed by atoms with Crippen LogP contribution in [0.5, 0.6) is 0 Å². The molecular weight excluding hydrogens is 218 g/mol. The molecule has 0 saturated heterocycles. The Labute approximate surface area is 98.6 Å². The average molecular weight is 229 g/mol. The van der Waals surface area contributed by atoms with Crippen molar-refractivity contribution in [2.24, 2.45) is 0 Å². The van der Waals surface area contributed by atoms with Crippen LogP contribution in [0.15, 0.2) is 30.5 Å². The molecule has 0 unspecified atom stereocenters. The van der Waals surface area contributed by atoms with E-state index in [0.717, 1.165) is 16.3 Å². The second-order valence-corrected chi connectivity index (χ2v) is 4.61. The molecule has 1 heterocycles. The highest BCUT2D eigenvalue weighted by Gasteiger charge is 2.04. The lowest BCUT2D eigenvalue weighted by Gasteiger charge is -2.11. The topological polar surface area (TPSA) is 39.9 Å². The van der Waals surface area contributed by atoms with E-state index in [-0.39, 0.29) is 0 Å². The molecule has 80 valence electrons. The van der Waals surface area contributed by atoms with E-state index in [2.05, 4.69) is 11.1 Å². The average Bonchev–Trinajstić information content (AvgIpc) is 2.77. The van der Waals surface area contributed by atoms with E-state index in [0.29, 0.717) is 4.88 Å². The number of thiazole rings is 1. The molecule has 1 aromatic heterocycles. The maximum absolute atomic E-state index is 8.73. The summed E-state index contributed by atoms with van der Waals surface area (Å²) in [6.45, 7) is 0. The molecule has 0 saturated carbocycles. The van der Waals surface area contributed by atoms with Crippen molar-refractivity contribution in [3.63, 3.8) is 0 Å². The first kappa shape index (κ1) is 10.7. The van der Waals surface area contributed by atoms with Crippen molar-refractivity contribution in [1.29, 1.82) is 5.26 Å². The number of hydrogen-bond acceptors (Lipinski definition) is 4. The maximum atomic E-state index is 8.73. The van der Waals surface area contributed by atoms with Crippen molar-refractivity contribution in [3.8, 4) is 16.6 Å². The lowest BCUT2D eigenvalue weighted by atomic mass is 10.2. The monoisotopic (exact) mass is 229 g/mol. The van der Waals surface area contributed by atoms with Gasteiger partial charge in [0.05, 0.1) is 6.20 Å². The highest BCUT2D eigenvalue weighted by molar-refractivity contribution is 7.15. The van der Waals surface area contributed by atoms with Crippen LogP contribution in [0.3, 0.4) is 0 Å².